The van der Waals surface area contributed by atoms with Crippen LogP contribution >= 0.6 is 0 Å². The average Bonchev–Trinajstić information content (AvgIpc) is 1.31. The van der Waals surface area contributed by atoms with Crippen molar-refractivity contribution in [1.29, 1.82) is 0 Å². The number of rotatable bonds is 0. The Labute approximate surface area is 58.5 Å². The van der Waals surface area contributed by atoms with Crippen LogP contribution in [0.1, 0.15) is 0 Å². The quantitative estimate of drug-likeness (QED) is 0.461. The molecule has 0 aromatic rings. The molecule has 0 heterocycles. The molecule has 0 aliphatic carbocycles. The van der Waals surface area contributed by atoms with Gasteiger partial charge in [0.05, 0.1) is 0 Å². The molecule has 0 aliphatic heterocycles. The molecule has 0 aromatic carbocycles. The van der Waals surface area contributed by atoms with Crippen LogP contribution in [0.3, 0.4) is 0 Å². The van der Waals surface area contributed by atoms with Gasteiger partial charge >= 0.3 is 5.51 Å². The number of alkyl halides is 3. The molecule has 0 rings (SSSR count). The summed E-state index contributed by atoms with van der Waals surface area (Å²) in [6.45, 7) is 0. The van der Waals surface area contributed by atoms with E-state index in [0.29, 0.717) is 0 Å². The number of halogens is 3. The van der Waals surface area contributed by atoms with Crippen LogP contribution in [-0.2, 0) is 30.6 Å². The Hall–Kier alpha value is 0.523. The molecule has 0 saturated carbocycles. The summed E-state index contributed by atoms with van der Waals surface area (Å²) in [4.78, 5) is 0. The van der Waals surface area contributed by atoms with Gasteiger partial charge in [0.2, 0.25) is 0 Å². The molecular weight excluding hydrogens is 198 g/mol. The Morgan fingerprint density at radius 2 is 1.50 bits per heavy atom. The first-order valence-corrected chi connectivity index (χ1v) is 2.23. The van der Waals surface area contributed by atoms with Gasteiger partial charge in [-0.05, 0) is 0 Å². The van der Waals surface area contributed by atoms with E-state index in [1.807, 2.05) is 0 Å². The summed E-state index contributed by atoms with van der Waals surface area (Å²) in [6.07, 6.45) is 0. The normalized spacial score (nSPS) is 14.5. The van der Waals surface area contributed by atoms with Gasteiger partial charge in [-0.15, -0.1) is 0 Å². The van der Waals surface area contributed by atoms with E-state index in [0.717, 1.165) is 0 Å². The third-order valence-electron chi connectivity index (χ3n) is 0.198. The average molecular weight is 199 g/mol. The van der Waals surface area contributed by atoms with Crippen LogP contribution in [0.25, 0.3) is 0 Å². The molecule has 0 aromatic heterocycles. The summed E-state index contributed by atoms with van der Waals surface area (Å²) in [7, 11) is 0. The summed E-state index contributed by atoms with van der Waals surface area (Å²) in [5.74, 6) is 0. The molecular formula is CHF3O2SZn. The predicted octanol–water partition coefficient (Wildman–Crippen LogP) is 0.725. The van der Waals surface area contributed by atoms with Crippen molar-refractivity contribution in [2.75, 3.05) is 0 Å². The van der Waals surface area contributed by atoms with Crippen molar-refractivity contribution in [3.05, 3.63) is 0 Å². The standard InChI is InChI=1S/CHF3O2S.Zn/c2-1(3,4)7(5)6;/h(H,5,6);. The molecule has 0 aliphatic rings. The van der Waals surface area contributed by atoms with E-state index in [-0.39, 0.29) is 19.5 Å². The van der Waals surface area contributed by atoms with E-state index in [1.54, 1.807) is 0 Å². The molecule has 0 spiro atoms. The number of hydrogen-bond acceptors (Lipinski definition) is 1. The smallest absolute Gasteiger partial charge is 0.299 e. The van der Waals surface area contributed by atoms with Crippen molar-refractivity contribution in [2.45, 2.75) is 5.51 Å². The zero-order chi connectivity index (χ0) is 6.08. The maximum Gasteiger partial charge on any atom is 0.496 e. The molecule has 1 unspecified atom stereocenters. The molecule has 8 heavy (non-hydrogen) atoms. The van der Waals surface area contributed by atoms with E-state index in [2.05, 4.69) is 0 Å². The van der Waals surface area contributed by atoms with E-state index < -0.39 is 16.6 Å². The Morgan fingerprint density at radius 3 is 1.50 bits per heavy atom. The Balaban J connectivity index is 0. The molecule has 0 radical (unpaired) electrons. The van der Waals surface area contributed by atoms with Crippen molar-refractivity contribution in [2.24, 2.45) is 0 Å². The van der Waals surface area contributed by atoms with Crippen molar-refractivity contribution >= 4 is 11.1 Å². The fourth-order valence-corrected chi connectivity index (χ4v) is 0. The minimum absolute atomic E-state index is 0. The van der Waals surface area contributed by atoms with Crippen molar-refractivity contribution in [3.63, 3.8) is 0 Å². The maximum absolute atomic E-state index is 10.6. The molecule has 1 N–H and O–H groups in total. The van der Waals surface area contributed by atoms with Gasteiger partial charge in [-0.2, -0.15) is 13.2 Å². The number of hydrogen-bond donors (Lipinski definition) is 1. The summed E-state index contributed by atoms with van der Waals surface area (Å²) in [5.41, 5.74) is -4.97. The first kappa shape index (κ1) is 11.3. The Kier molecular flexibility index (Phi) is 5.00. The van der Waals surface area contributed by atoms with Crippen molar-refractivity contribution < 1.29 is 41.4 Å². The van der Waals surface area contributed by atoms with Crippen LogP contribution in [0, 0.1) is 0 Å². The molecule has 0 fully saturated rings. The van der Waals surface area contributed by atoms with Gasteiger partial charge in [-0.1, -0.05) is 0 Å². The largest absolute Gasteiger partial charge is 0.496 e. The van der Waals surface area contributed by atoms with Gasteiger partial charge < -0.3 is 0 Å². The molecule has 2 nitrogen and oxygen atoms in total. The second-order valence-electron chi connectivity index (χ2n) is 0.695. The first-order valence-electron chi connectivity index (χ1n) is 1.12. The minimum atomic E-state index is -4.97. The summed E-state index contributed by atoms with van der Waals surface area (Å²) in [5, 5.41) is 0. The van der Waals surface area contributed by atoms with Crippen LogP contribution in [0.15, 0.2) is 0 Å². The predicted molar refractivity (Wildman–Crippen MR) is 16.8 cm³/mol. The van der Waals surface area contributed by atoms with Gasteiger partial charge in [-0.25, -0.2) is 4.21 Å². The summed E-state index contributed by atoms with van der Waals surface area (Å²) in [6, 6.07) is 0. The SMILES string of the molecule is O=S(O)C(F)(F)F.[Zn]. The fraction of sp³-hybridized carbons (Fsp3) is 1.00. The van der Waals surface area contributed by atoms with Crippen molar-refractivity contribution in [3.8, 4) is 0 Å². The molecule has 7 heteroatoms. The molecule has 0 amide bonds. The second kappa shape index (κ2) is 3.53. The topological polar surface area (TPSA) is 37.3 Å². The van der Waals surface area contributed by atoms with Gasteiger partial charge in [0.25, 0.3) is 11.1 Å². The minimum Gasteiger partial charge on any atom is -0.299 e. The van der Waals surface area contributed by atoms with Crippen molar-refractivity contribution in [1.82, 2.24) is 0 Å². The summed E-state index contributed by atoms with van der Waals surface area (Å²) < 4.78 is 48.1. The van der Waals surface area contributed by atoms with E-state index in [1.165, 1.54) is 0 Å². The Morgan fingerprint density at radius 1 is 1.38 bits per heavy atom. The Bertz CT molecular complexity index is 89.8. The molecule has 0 bridgehead atoms. The van der Waals surface area contributed by atoms with E-state index >= 15 is 0 Å². The molecule has 1 atom stereocenters. The zero-order valence-electron chi connectivity index (χ0n) is 3.60. The van der Waals surface area contributed by atoms with E-state index in [9.17, 15) is 13.2 Å². The second-order valence-corrected chi connectivity index (χ2v) is 1.66. The molecule has 46 valence electrons. The maximum atomic E-state index is 10.6. The monoisotopic (exact) mass is 198 g/mol. The van der Waals surface area contributed by atoms with E-state index in [4.69, 9.17) is 8.76 Å². The van der Waals surface area contributed by atoms with Gasteiger partial charge in [0.1, 0.15) is 0 Å². The third kappa shape index (κ3) is 4.68. The van der Waals surface area contributed by atoms with Crippen LogP contribution in [-0.4, -0.2) is 14.3 Å². The van der Waals surface area contributed by atoms with Crippen LogP contribution < -0.4 is 0 Å². The summed E-state index contributed by atoms with van der Waals surface area (Å²) >= 11 is -3.68. The van der Waals surface area contributed by atoms with Gasteiger partial charge in [-0.3, -0.25) is 4.55 Å². The molecule has 0 saturated heterocycles. The fourth-order valence-electron chi connectivity index (χ4n) is 0. The zero-order valence-corrected chi connectivity index (χ0v) is 7.39. The van der Waals surface area contributed by atoms with Crippen LogP contribution in [0.5, 0.6) is 0 Å². The first-order chi connectivity index (χ1) is 2.94. The van der Waals surface area contributed by atoms with Crippen LogP contribution in [0.4, 0.5) is 13.2 Å². The van der Waals surface area contributed by atoms with Crippen LogP contribution in [0.2, 0.25) is 0 Å². The third-order valence-corrected chi connectivity index (χ3v) is 0.594. The van der Waals surface area contributed by atoms with Gasteiger partial charge in [0, 0.05) is 19.5 Å². The van der Waals surface area contributed by atoms with Gasteiger partial charge in [0.15, 0.2) is 0 Å².